The summed E-state index contributed by atoms with van der Waals surface area (Å²) in [5.74, 6) is 5.11. The lowest BCUT2D eigenvalue weighted by Crippen LogP contribution is -2.32. The normalized spacial score (nSPS) is 14.1. The largest absolute Gasteiger partial charge is 0.271 e. The van der Waals surface area contributed by atoms with Crippen LogP contribution in [0, 0.1) is 0 Å². The van der Waals surface area contributed by atoms with Crippen molar-refractivity contribution in [3.63, 3.8) is 0 Å². The molecule has 2 nitrogen and oxygen atoms in total. The van der Waals surface area contributed by atoms with E-state index in [1.54, 1.807) is 0 Å². The van der Waals surface area contributed by atoms with Crippen LogP contribution in [-0.4, -0.2) is 6.04 Å². The van der Waals surface area contributed by atoms with Gasteiger partial charge in [0.05, 0.1) is 0 Å². The number of rotatable bonds is 3. The molecule has 0 spiro atoms. The molecule has 0 saturated carbocycles. The Morgan fingerprint density at radius 2 is 2.29 bits per heavy atom. The molecular weight excluding hydrogens is 88.1 g/mol. The second-order valence-electron chi connectivity index (χ2n) is 1.86. The molecule has 0 rings (SSSR count). The van der Waals surface area contributed by atoms with Gasteiger partial charge in [0.25, 0.3) is 0 Å². The van der Waals surface area contributed by atoms with Gasteiger partial charge in [-0.3, -0.25) is 11.3 Å². The van der Waals surface area contributed by atoms with Crippen LogP contribution in [0.3, 0.4) is 0 Å². The summed E-state index contributed by atoms with van der Waals surface area (Å²) in [6.45, 7) is 4.22. The van der Waals surface area contributed by atoms with Gasteiger partial charge in [-0.05, 0) is 13.3 Å². The molecule has 1 atom stereocenters. The SMILES string of the molecule is CCC[C@@H](C)NN. The third-order valence-corrected chi connectivity index (χ3v) is 1.01. The summed E-state index contributed by atoms with van der Waals surface area (Å²) in [7, 11) is 0. The molecule has 0 radical (unpaired) electrons. The lowest BCUT2D eigenvalue weighted by atomic mass is 10.2. The van der Waals surface area contributed by atoms with Crippen molar-refractivity contribution in [2.75, 3.05) is 0 Å². The predicted octanol–water partition coefficient (Wildman–Crippen LogP) is 0.638. The Morgan fingerprint density at radius 3 is 2.43 bits per heavy atom. The monoisotopic (exact) mass is 102 g/mol. The highest BCUT2D eigenvalue weighted by Crippen LogP contribution is 1.90. The Balaban J connectivity index is 2.83. The van der Waals surface area contributed by atoms with E-state index in [1.165, 1.54) is 6.42 Å². The molecule has 2 heteroatoms. The van der Waals surface area contributed by atoms with Crippen LogP contribution in [0.2, 0.25) is 0 Å². The molecule has 0 aromatic heterocycles. The van der Waals surface area contributed by atoms with Gasteiger partial charge in [-0.1, -0.05) is 13.3 Å². The van der Waals surface area contributed by atoms with Gasteiger partial charge in [-0.25, -0.2) is 0 Å². The van der Waals surface area contributed by atoms with Crippen LogP contribution in [0.25, 0.3) is 0 Å². The topological polar surface area (TPSA) is 38.0 Å². The summed E-state index contributed by atoms with van der Waals surface area (Å²) in [4.78, 5) is 0. The molecule has 7 heavy (non-hydrogen) atoms. The molecule has 0 aliphatic rings. The second-order valence-corrected chi connectivity index (χ2v) is 1.86. The predicted molar refractivity (Wildman–Crippen MR) is 31.7 cm³/mol. The minimum atomic E-state index is 0.477. The van der Waals surface area contributed by atoms with Crippen molar-refractivity contribution in [3.05, 3.63) is 0 Å². The number of nitrogens with two attached hydrogens (primary N) is 1. The molecule has 0 saturated heterocycles. The number of hydrogen-bond donors (Lipinski definition) is 2. The van der Waals surface area contributed by atoms with Crippen molar-refractivity contribution in [3.8, 4) is 0 Å². The van der Waals surface area contributed by atoms with Gasteiger partial charge in [0.15, 0.2) is 0 Å². The van der Waals surface area contributed by atoms with Crippen LogP contribution in [0.5, 0.6) is 0 Å². The summed E-state index contributed by atoms with van der Waals surface area (Å²) in [6, 6.07) is 0.477. The number of nitrogens with one attached hydrogen (secondary N) is 1. The van der Waals surface area contributed by atoms with E-state index in [2.05, 4.69) is 19.3 Å². The van der Waals surface area contributed by atoms with E-state index in [9.17, 15) is 0 Å². The van der Waals surface area contributed by atoms with Gasteiger partial charge in [-0.2, -0.15) is 0 Å². The van der Waals surface area contributed by atoms with Gasteiger partial charge in [0.1, 0.15) is 0 Å². The van der Waals surface area contributed by atoms with Crippen molar-refractivity contribution in [1.29, 1.82) is 0 Å². The zero-order valence-electron chi connectivity index (χ0n) is 5.07. The molecule has 3 N–H and O–H groups in total. The van der Waals surface area contributed by atoms with Crippen molar-refractivity contribution in [2.45, 2.75) is 32.7 Å². The average molecular weight is 102 g/mol. The first-order valence-electron chi connectivity index (χ1n) is 2.77. The highest BCUT2D eigenvalue weighted by Gasteiger charge is 1.91. The molecular formula is C5H14N2. The molecule has 0 fully saturated rings. The van der Waals surface area contributed by atoms with Gasteiger partial charge < -0.3 is 0 Å². The fourth-order valence-corrected chi connectivity index (χ4v) is 0.516. The first-order chi connectivity index (χ1) is 3.31. The van der Waals surface area contributed by atoms with Crippen molar-refractivity contribution in [1.82, 2.24) is 5.43 Å². The fraction of sp³-hybridized carbons (Fsp3) is 1.00. The van der Waals surface area contributed by atoms with Crippen LogP contribution in [-0.2, 0) is 0 Å². The van der Waals surface area contributed by atoms with E-state index < -0.39 is 0 Å². The molecule has 0 aliphatic heterocycles. The van der Waals surface area contributed by atoms with Crippen LogP contribution >= 0.6 is 0 Å². The first-order valence-corrected chi connectivity index (χ1v) is 2.77. The molecule has 0 aromatic carbocycles. The molecule has 0 aromatic rings. The van der Waals surface area contributed by atoms with Gasteiger partial charge in [0, 0.05) is 6.04 Å². The Kier molecular flexibility index (Phi) is 4.04. The van der Waals surface area contributed by atoms with Crippen molar-refractivity contribution < 1.29 is 0 Å². The molecule has 0 heterocycles. The van der Waals surface area contributed by atoms with Gasteiger partial charge in [0.2, 0.25) is 0 Å². The number of hydrazine groups is 1. The first kappa shape index (κ1) is 6.92. The lowest BCUT2D eigenvalue weighted by Gasteiger charge is -2.05. The van der Waals surface area contributed by atoms with E-state index >= 15 is 0 Å². The lowest BCUT2D eigenvalue weighted by molar-refractivity contribution is 0.525. The Hall–Kier alpha value is -0.0800. The van der Waals surface area contributed by atoms with Gasteiger partial charge >= 0.3 is 0 Å². The minimum absolute atomic E-state index is 0.477. The molecule has 44 valence electrons. The maximum atomic E-state index is 5.11. The smallest absolute Gasteiger partial charge is 0.0182 e. The summed E-state index contributed by atoms with van der Waals surface area (Å²) in [5, 5.41) is 0. The van der Waals surface area contributed by atoms with E-state index in [0.717, 1.165) is 6.42 Å². The van der Waals surface area contributed by atoms with Crippen LogP contribution < -0.4 is 11.3 Å². The molecule has 0 amide bonds. The fourth-order valence-electron chi connectivity index (χ4n) is 0.516. The second kappa shape index (κ2) is 4.09. The van der Waals surface area contributed by atoms with Crippen LogP contribution in [0.15, 0.2) is 0 Å². The van der Waals surface area contributed by atoms with E-state index in [0.29, 0.717) is 6.04 Å². The standard InChI is InChI=1S/C5H14N2/c1-3-4-5(2)7-6/h5,7H,3-4,6H2,1-2H3/t5-/m1/s1. The van der Waals surface area contributed by atoms with Crippen LogP contribution in [0.4, 0.5) is 0 Å². The number of hydrogen-bond acceptors (Lipinski definition) is 2. The van der Waals surface area contributed by atoms with E-state index in [4.69, 9.17) is 5.84 Å². The Labute approximate surface area is 45.1 Å². The Morgan fingerprint density at radius 1 is 1.71 bits per heavy atom. The van der Waals surface area contributed by atoms with Crippen LogP contribution in [0.1, 0.15) is 26.7 Å². The zero-order chi connectivity index (χ0) is 5.70. The highest BCUT2D eigenvalue weighted by atomic mass is 15.2. The summed E-state index contributed by atoms with van der Waals surface area (Å²) in [5.41, 5.74) is 2.67. The van der Waals surface area contributed by atoms with Crippen molar-refractivity contribution >= 4 is 0 Å². The molecule has 0 bridgehead atoms. The third-order valence-electron chi connectivity index (χ3n) is 1.01. The van der Waals surface area contributed by atoms with Crippen molar-refractivity contribution in [2.24, 2.45) is 5.84 Å². The summed E-state index contributed by atoms with van der Waals surface area (Å²) in [6.07, 6.45) is 2.36. The minimum Gasteiger partial charge on any atom is -0.271 e. The third kappa shape index (κ3) is 3.76. The zero-order valence-corrected chi connectivity index (χ0v) is 5.07. The van der Waals surface area contributed by atoms with E-state index in [1.807, 2.05) is 0 Å². The maximum absolute atomic E-state index is 5.11. The maximum Gasteiger partial charge on any atom is 0.0182 e. The summed E-state index contributed by atoms with van der Waals surface area (Å²) < 4.78 is 0. The quantitative estimate of drug-likeness (QED) is 0.405. The Bertz CT molecular complexity index is 37.1. The summed E-state index contributed by atoms with van der Waals surface area (Å²) >= 11 is 0. The van der Waals surface area contributed by atoms with E-state index in [-0.39, 0.29) is 0 Å². The highest BCUT2D eigenvalue weighted by molar-refractivity contribution is 4.51. The molecule has 0 aliphatic carbocycles. The molecule has 0 unspecified atom stereocenters. The van der Waals surface area contributed by atoms with Gasteiger partial charge in [-0.15, -0.1) is 0 Å². The average Bonchev–Trinajstić information content (AvgIpc) is 1.68.